The van der Waals surface area contributed by atoms with Crippen molar-refractivity contribution in [2.45, 2.75) is 233 Å². The molecule has 1 saturated carbocycles. The number of piperazine rings is 1. The second-order valence-corrected chi connectivity index (χ2v) is 19.6. The third-order valence-electron chi connectivity index (χ3n) is 14.2. The number of ether oxygens (including phenoxy) is 2. The van der Waals surface area contributed by atoms with Gasteiger partial charge < -0.3 is 24.2 Å². The molecule has 7 heteroatoms. The van der Waals surface area contributed by atoms with Crippen LogP contribution in [0.1, 0.15) is 233 Å². The molecule has 0 aromatic carbocycles. The lowest BCUT2D eigenvalue weighted by Crippen LogP contribution is -2.44. The lowest BCUT2D eigenvalue weighted by atomic mass is 9.70. The van der Waals surface area contributed by atoms with E-state index in [1.807, 2.05) is 0 Å². The molecule has 2 fully saturated rings. The van der Waals surface area contributed by atoms with Gasteiger partial charge in [-0.05, 0) is 116 Å². The molecule has 2 aliphatic rings. The van der Waals surface area contributed by atoms with Crippen LogP contribution in [-0.2, 0) is 19.1 Å². The summed E-state index contributed by atoms with van der Waals surface area (Å²) in [7, 11) is 2.24. The number of nitrogens with zero attached hydrogens (tertiary/aromatic N) is 3. The van der Waals surface area contributed by atoms with E-state index in [0.29, 0.717) is 13.2 Å². The van der Waals surface area contributed by atoms with Crippen LogP contribution in [0.15, 0.2) is 0 Å². The first kappa shape index (κ1) is 55.0. The summed E-state index contributed by atoms with van der Waals surface area (Å²) in [5.74, 6) is 1.94. The SMILES string of the molecule is CCCCCCCCC(CCCCCC)C(=O)OCCCCCCN(CCCCCCOC(=O)C1CCC(CCCCC)C(CCCC)C1)CCCCN1CCN(C)CC1. The minimum Gasteiger partial charge on any atom is -0.465 e. The van der Waals surface area contributed by atoms with E-state index in [4.69, 9.17) is 9.47 Å². The average molecular weight is 846 g/mol. The molecule has 0 aromatic heterocycles. The van der Waals surface area contributed by atoms with Gasteiger partial charge in [-0.1, -0.05) is 163 Å². The zero-order valence-electron chi connectivity index (χ0n) is 41.0. The van der Waals surface area contributed by atoms with Gasteiger partial charge in [0.05, 0.1) is 25.0 Å². The predicted octanol–water partition coefficient (Wildman–Crippen LogP) is 13.7. The Morgan fingerprint density at radius 1 is 0.533 bits per heavy atom. The van der Waals surface area contributed by atoms with Gasteiger partial charge in [0.25, 0.3) is 0 Å². The van der Waals surface area contributed by atoms with E-state index < -0.39 is 0 Å². The molecule has 0 radical (unpaired) electrons. The molecule has 0 amide bonds. The summed E-state index contributed by atoms with van der Waals surface area (Å²) in [5, 5.41) is 0. The summed E-state index contributed by atoms with van der Waals surface area (Å²) in [6.07, 6.45) is 38.8. The van der Waals surface area contributed by atoms with E-state index >= 15 is 0 Å². The summed E-state index contributed by atoms with van der Waals surface area (Å²) in [6.45, 7) is 19.9. The molecule has 60 heavy (non-hydrogen) atoms. The average Bonchev–Trinajstić information content (AvgIpc) is 3.26. The topological polar surface area (TPSA) is 62.3 Å². The molecule has 1 aliphatic heterocycles. The van der Waals surface area contributed by atoms with Gasteiger partial charge in [-0.3, -0.25) is 9.59 Å². The lowest BCUT2D eigenvalue weighted by molar-refractivity contribution is -0.151. The van der Waals surface area contributed by atoms with Crippen LogP contribution >= 0.6 is 0 Å². The maximum atomic E-state index is 13.1. The molecule has 7 nitrogen and oxygen atoms in total. The monoisotopic (exact) mass is 846 g/mol. The number of hydrogen-bond acceptors (Lipinski definition) is 7. The van der Waals surface area contributed by atoms with E-state index in [0.717, 1.165) is 69.6 Å². The molecule has 354 valence electrons. The second kappa shape index (κ2) is 38.3. The minimum atomic E-state index is 0.0762. The van der Waals surface area contributed by atoms with Crippen LogP contribution in [0, 0.1) is 23.7 Å². The number of likely N-dealkylation sites (N-methyl/N-ethyl adjacent to an activating group) is 1. The largest absolute Gasteiger partial charge is 0.465 e. The van der Waals surface area contributed by atoms with Gasteiger partial charge in [0, 0.05) is 26.2 Å². The Hall–Kier alpha value is -1.18. The molecule has 0 aromatic rings. The number of carbonyl (C=O) groups excluding carboxylic acids is 2. The van der Waals surface area contributed by atoms with Crippen molar-refractivity contribution in [2.75, 3.05) is 72.6 Å². The number of esters is 2. The van der Waals surface area contributed by atoms with Gasteiger partial charge in [0.2, 0.25) is 0 Å². The van der Waals surface area contributed by atoms with E-state index in [9.17, 15) is 9.59 Å². The summed E-state index contributed by atoms with van der Waals surface area (Å²) < 4.78 is 11.8. The third-order valence-corrected chi connectivity index (χ3v) is 14.2. The van der Waals surface area contributed by atoms with E-state index in [1.54, 1.807) is 0 Å². The molecular weight excluding hydrogens is 743 g/mol. The fourth-order valence-electron chi connectivity index (χ4n) is 10.0. The molecular formula is C53H103N3O4. The molecule has 4 atom stereocenters. The van der Waals surface area contributed by atoms with Gasteiger partial charge in [-0.2, -0.15) is 0 Å². The van der Waals surface area contributed by atoms with Crippen LogP contribution in [0.3, 0.4) is 0 Å². The van der Waals surface area contributed by atoms with Crippen LogP contribution in [0.5, 0.6) is 0 Å². The molecule has 1 aliphatic carbocycles. The fraction of sp³-hybridized carbons (Fsp3) is 0.962. The third kappa shape index (κ3) is 27.8. The summed E-state index contributed by atoms with van der Waals surface area (Å²) in [6, 6.07) is 0. The molecule has 4 unspecified atom stereocenters. The van der Waals surface area contributed by atoms with Gasteiger partial charge in [-0.25, -0.2) is 0 Å². The highest BCUT2D eigenvalue weighted by atomic mass is 16.5. The molecule has 2 rings (SSSR count). The maximum absolute atomic E-state index is 13.1. The highest BCUT2D eigenvalue weighted by molar-refractivity contribution is 5.72. The van der Waals surface area contributed by atoms with Crippen LogP contribution < -0.4 is 0 Å². The second-order valence-electron chi connectivity index (χ2n) is 19.6. The molecule has 0 bridgehead atoms. The van der Waals surface area contributed by atoms with Crippen molar-refractivity contribution in [3.05, 3.63) is 0 Å². The van der Waals surface area contributed by atoms with Crippen LogP contribution in [0.25, 0.3) is 0 Å². The minimum absolute atomic E-state index is 0.0762. The van der Waals surface area contributed by atoms with E-state index in [1.165, 1.54) is 200 Å². The molecule has 1 saturated heterocycles. The first-order valence-corrected chi connectivity index (χ1v) is 26.9. The highest BCUT2D eigenvalue weighted by Gasteiger charge is 2.34. The first-order chi connectivity index (χ1) is 29.4. The van der Waals surface area contributed by atoms with Gasteiger partial charge in [0.1, 0.15) is 0 Å². The smallest absolute Gasteiger partial charge is 0.308 e. The van der Waals surface area contributed by atoms with Crippen molar-refractivity contribution in [2.24, 2.45) is 23.7 Å². The molecule has 0 N–H and O–H groups in total. The first-order valence-electron chi connectivity index (χ1n) is 26.9. The van der Waals surface area contributed by atoms with Crippen LogP contribution in [0.4, 0.5) is 0 Å². The Labute approximate surface area is 374 Å². The zero-order valence-corrected chi connectivity index (χ0v) is 41.0. The van der Waals surface area contributed by atoms with Gasteiger partial charge in [0.15, 0.2) is 0 Å². The Kier molecular flexibility index (Phi) is 35.1. The highest BCUT2D eigenvalue weighted by Crippen LogP contribution is 2.40. The van der Waals surface area contributed by atoms with E-state index in [-0.39, 0.29) is 23.8 Å². The van der Waals surface area contributed by atoms with Crippen molar-refractivity contribution >= 4 is 11.9 Å². The Morgan fingerprint density at radius 2 is 1.03 bits per heavy atom. The quantitative estimate of drug-likeness (QED) is 0.0450. The standard InChI is InChI=1S/C53H103N3O4/c1-6-10-14-16-17-24-34-49(33-23-15-11-7-2)52(57)59-45-29-20-18-25-37-55(39-27-28-40-56-43-41-54(5)42-44-56)38-26-19-21-30-46-60-53(58)51-36-35-48(32-22-12-8-3)50(47-51)31-13-9-4/h48-51H,6-47H2,1-5H3. The molecule has 1 heterocycles. The van der Waals surface area contributed by atoms with Crippen molar-refractivity contribution in [1.82, 2.24) is 14.7 Å². The number of rotatable bonds is 40. The molecule has 0 spiro atoms. The number of carbonyl (C=O) groups is 2. The Morgan fingerprint density at radius 3 is 1.67 bits per heavy atom. The van der Waals surface area contributed by atoms with Gasteiger partial charge in [-0.15, -0.1) is 0 Å². The van der Waals surface area contributed by atoms with Crippen molar-refractivity contribution in [3.63, 3.8) is 0 Å². The van der Waals surface area contributed by atoms with Crippen molar-refractivity contribution in [1.29, 1.82) is 0 Å². The van der Waals surface area contributed by atoms with E-state index in [2.05, 4.69) is 49.4 Å². The predicted molar refractivity (Wildman–Crippen MR) is 257 cm³/mol. The number of hydrogen-bond donors (Lipinski definition) is 0. The van der Waals surface area contributed by atoms with Crippen LogP contribution in [0.2, 0.25) is 0 Å². The lowest BCUT2D eigenvalue weighted by Gasteiger charge is -2.35. The normalized spacial score (nSPS) is 19.5. The van der Waals surface area contributed by atoms with Crippen LogP contribution in [-0.4, -0.2) is 99.3 Å². The van der Waals surface area contributed by atoms with Crippen molar-refractivity contribution in [3.8, 4) is 0 Å². The summed E-state index contributed by atoms with van der Waals surface area (Å²) in [5.41, 5.74) is 0. The maximum Gasteiger partial charge on any atom is 0.308 e. The zero-order chi connectivity index (χ0) is 43.3. The Balaban J connectivity index is 1.68. The Bertz CT molecular complexity index is 957. The summed E-state index contributed by atoms with van der Waals surface area (Å²) >= 11 is 0. The van der Waals surface area contributed by atoms with Crippen molar-refractivity contribution < 1.29 is 19.1 Å². The fourth-order valence-corrected chi connectivity index (χ4v) is 10.0. The number of unbranched alkanes of at least 4 members (excludes halogenated alkanes) is 18. The van der Waals surface area contributed by atoms with Gasteiger partial charge >= 0.3 is 11.9 Å². The summed E-state index contributed by atoms with van der Waals surface area (Å²) in [4.78, 5) is 34.0.